The first-order valence-electron chi connectivity index (χ1n) is 32.3. The van der Waals surface area contributed by atoms with Gasteiger partial charge in [0.15, 0.2) is 0 Å². The van der Waals surface area contributed by atoms with Crippen LogP contribution in [0.2, 0.25) is 0 Å². The quantitative estimate of drug-likeness (QED) is 0.163. The van der Waals surface area contributed by atoms with Crippen molar-refractivity contribution in [2.24, 2.45) is 0 Å². The molecule has 0 bridgehead atoms. The Bertz CT molecular complexity index is 5430. The molecule has 0 saturated heterocycles. The molecule has 0 radical (unpaired) electrons. The SMILES string of the molecule is [2H]c1c([2H])c([2H])c(-c2c(-c3c([2H])c([2H])c4oc5c([2H])c([2H])c([2H])c([2H])c5c4c3[2H])cc(-c3c([2H])c([2H])c4c([2H])c([2H])c5c([2H])c([2H])c([2H])c6c([2H])c([2H])c3c4c56)cc2-c2c([2H])c([2H])c3c([2H])c([2H])c4c([2H])c([2H])c([2H])c5c([2H])c([2H])c2c3c45)c([2H])c1[2H]. The standard InChI is InChI=1S/C56H32O/c1-2-8-33(9-3-1)54-47(40-24-29-51-48(30-40)44-14-4-5-15-50(44)57-51)31-41(42-25-20-38-18-16-34-10-6-12-36-22-27-45(42)55(38)52(34)36)32-49(54)43-26-21-39-19-17-35-11-7-13-37-23-28-46(43)56(39)53(35)37/h1-32H/i1D,2D,3D,4D,5D,6D,7D,8D,9D,10D,11D,12D,13D,14D,15D,16D,17D,18D,19D,20D,21D,22D,23D,24D,25D,26D,27D,28D,29D,30D. The van der Waals surface area contributed by atoms with Crippen LogP contribution in [-0.4, -0.2) is 0 Å². The van der Waals surface area contributed by atoms with Crippen LogP contribution in [0.3, 0.4) is 0 Å². The largest absolute Gasteiger partial charge is 0.456 e. The van der Waals surface area contributed by atoms with Crippen LogP contribution in [0.1, 0.15) is 41.1 Å². The van der Waals surface area contributed by atoms with Crippen LogP contribution in [0.5, 0.6) is 0 Å². The lowest BCUT2D eigenvalue weighted by atomic mass is 9.81. The van der Waals surface area contributed by atoms with Gasteiger partial charge in [-0.25, -0.2) is 0 Å². The molecule has 12 aromatic carbocycles. The summed E-state index contributed by atoms with van der Waals surface area (Å²) >= 11 is 0. The third-order valence-electron chi connectivity index (χ3n) is 10.2. The Balaban J connectivity index is 1.38. The van der Waals surface area contributed by atoms with E-state index in [9.17, 15) is 20.6 Å². The van der Waals surface area contributed by atoms with E-state index in [-0.39, 0.29) is 16.2 Å². The van der Waals surface area contributed by atoms with Crippen molar-refractivity contribution in [3.8, 4) is 44.5 Å². The number of furan rings is 1. The van der Waals surface area contributed by atoms with Crippen LogP contribution in [0.15, 0.2) is 198 Å². The second-order valence-corrected chi connectivity index (χ2v) is 13.2. The highest BCUT2D eigenvalue weighted by Crippen LogP contribution is 2.49. The minimum atomic E-state index is -1.02. The Morgan fingerprint density at radius 2 is 0.825 bits per heavy atom. The van der Waals surface area contributed by atoms with E-state index in [1.807, 2.05) is 0 Å². The zero-order chi connectivity index (χ0) is 63.3. The predicted molar refractivity (Wildman–Crippen MR) is 243 cm³/mol. The molecule has 262 valence electrons. The van der Waals surface area contributed by atoms with E-state index in [2.05, 4.69) is 0 Å². The van der Waals surface area contributed by atoms with Crippen molar-refractivity contribution < 1.29 is 45.5 Å². The molecule has 0 unspecified atom stereocenters. The van der Waals surface area contributed by atoms with Gasteiger partial charge in [-0.1, -0.05) is 163 Å². The Hall–Kier alpha value is -7.48. The summed E-state index contributed by atoms with van der Waals surface area (Å²) in [6.07, 6.45) is 0. The highest BCUT2D eigenvalue weighted by molar-refractivity contribution is 6.27. The number of fused-ring (bicyclic) bond motifs is 3. The maximum atomic E-state index is 10.1. The van der Waals surface area contributed by atoms with Gasteiger partial charge in [0.05, 0.1) is 41.1 Å². The number of benzene rings is 12. The zero-order valence-electron chi connectivity index (χ0n) is 58.6. The molecule has 0 saturated carbocycles. The molecule has 13 rings (SSSR count). The Labute approximate surface area is 370 Å². The van der Waals surface area contributed by atoms with E-state index in [4.69, 9.17) is 25.0 Å². The third kappa shape index (κ3) is 4.40. The number of rotatable bonds is 4. The first kappa shape index (κ1) is 13.9. The minimum Gasteiger partial charge on any atom is -0.456 e. The van der Waals surface area contributed by atoms with Crippen LogP contribution in [-0.2, 0) is 0 Å². The molecule has 0 aliphatic rings. The van der Waals surface area contributed by atoms with Gasteiger partial charge in [-0.3, -0.25) is 0 Å². The molecule has 1 heteroatoms. The predicted octanol–water partition coefficient (Wildman–Crippen LogP) is 16.0. The van der Waals surface area contributed by atoms with Crippen molar-refractivity contribution >= 4 is 86.6 Å². The third-order valence-corrected chi connectivity index (χ3v) is 10.2. The normalized spacial score (nSPS) is 19.6. The summed E-state index contributed by atoms with van der Waals surface area (Å²) in [5, 5.41) is -6.35. The van der Waals surface area contributed by atoms with Crippen LogP contribution >= 0.6 is 0 Å². The average molecular weight is 751 g/mol. The Kier molecular flexibility index (Phi) is 2.81. The van der Waals surface area contributed by atoms with Gasteiger partial charge < -0.3 is 4.42 Å². The molecule has 0 spiro atoms. The molecule has 1 nitrogen and oxygen atoms in total. The van der Waals surface area contributed by atoms with Crippen molar-refractivity contribution in [2.75, 3.05) is 0 Å². The summed E-state index contributed by atoms with van der Waals surface area (Å²) in [4.78, 5) is 0. The topological polar surface area (TPSA) is 13.1 Å². The van der Waals surface area contributed by atoms with E-state index in [0.717, 1.165) is 12.1 Å². The summed E-state index contributed by atoms with van der Waals surface area (Å²) < 4.78 is 284. The second-order valence-electron chi connectivity index (χ2n) is 13.2. The molecule has 1 aromatic heterocycles. The molecular formula is C56H32O. The fourth-order valence-electron chi connectivity index (χ4n) is 7.81. The van der Waals surface area contributed by atoms with Gasteiger partial charge in [-0.05, 0) is 139 Å². The maximum Gasteiger partial charge on any atom is 0.135 e. The van der Waals surface area contributed by atoms with Crippen LogP contribution in [0.4, 0.5) is 0 Å². The van der Waals surface area contributed by atoms with Gasteiger partial charge in [0.25, 0.3) is 0 Å². The average Bonchev–Trinajstić information content (AvgIpc) is 1.15. The van der Waals surface area contributed by atoms with Crippen molar-refractivity contribution in [2.45, 2.75) is 0 Å². The molecule has 57 heavy (non-hydrogen) atoms. The fourth-order valence-corrected chi connectivity index (χ4v) is 7.81. The van der Waals surface area contributed by atoms with E-state index in [1.54, 1.807) is 0 Å². The van der Waals surface area contributed by atoms with Crippen LogP contribution in [0.25, 0.3) is 131 Å². The maximum absolute atomic E-state index is 10.1. The lowest BCUT2D eigenvalue weighted by Gasteiger charge is -2.22. The molecule has 13 aromatic rings. The van der Waals surface area contributed by atoms with Crippen molar-refractivity contribution in [1.82, 2.24) is 0 Å². The monoisotopic (exact) mass is 750 g/mol. The molecule has 0 amide bonds. The van der Waals surface area contributed by atoms with Crippen LogP contribution in [0, 0.1) is 0 Å². The lowest BCUT2D eigenvalue weighted by Crippen LogP contribution is -1.95. The van der Waals surface area contributed by atoms with E-state index < -0.39 is 296 Å². The van der Waals surface area contributed by atoms with Gasteiger partial charge >= 0.3 is 0 Å². The molecule has 1 heterocycles. The van der Waals surface area contributed by atoms with Crippen molar-refractivity contribution in [3.63, 3.8) is 0 Å². The summed E-state index contributed by atoms with van der Waals surface area (Å²) in [6, 6.07) is -23.5. The van der Waals surface area contributed by atoms with E-state index in [1.165, 1.54) is 0 Å². The number of para-hydroxylation sites is 1. The lowest BCUT2D eigenvalue weighted by molar-refractivity contribution is 0.669. The van der Waals surface area contributed by atoms with Gasteiger partial charge in [-0.2, -0.15) is 0 Å². The molecule has 0 fully saturated rings. The molecule has 0 N–H and O–H groups in total. The van der Waals surface area contributed by atoms with Crippen molar-refractivity contribution in [3.05, 3.63) is 193 Å². The summed E-state index contributed by atoms with van der Waals surface area (Å²) in [6.45, 7) is 0. The summed E-state index contributed by atoms with van der Waals surface area (Å²) in [5.41, 5.74) is -6.54. The Morgan fingerprint density at radius 1 is 0.298 bits per heavy atom. The smallest absolute Gasteiger partial charge is 0.135 e. The van der Waals surface area contributed by atoms with E-state index in [0.29, 0.717) is 0 Å². The zero-order valence-corrected chi connectivity index (χ0v) is 28.6. The minimum absolute atomic E-state index is 0.305. The molecule has 0 atom stereocenters. The van der Waals surface area contributed by atoms with Crippen molar-refractivity contribution in [1.29, 1.82) is 0 Å². The summed E-state index contributed by atoms with van der Waals surface area (Å²) in [5.74, 6) is 0. The molecular weight excluding hydrogens is 689 g/mol. The molecule has 0 aliphatic heterocycles. The van der Waals surface area contributed by atoms with Gasteiger partial charge in [0, 0.05) is 10.8 Å². The van der Waals surface area contributed by atoms with E-state index >= 15 is 0 Å². The second kappa shape index (κ2) is 11.5. The number of hydrogen-bond donors (Lipinski definition) is 0. The Morgan fingerprint density at radius 3 is 1.51 bits per heavy atom. The highest BCUT2D eigenvalue weighted by Gasteiger charge is 2.22. The van der Waals surface area contributed by atoms with Gasteiger partial charge in [0.1, 0.15) is 11.2 Å². The first-order valence-corrected chi connectivity index (χ1v) is 17.3. The first-order chi connectivity index (χ1) is 40.8. The highest BCUT2D eigenvalue weighted by atomic mass is 16.3. The van der Waals surface area contributed by atoms with Gasteiger partial charge in [-0.15, -0.1) is 0 Å². The fraction of sp³-hybridized carbons (Fsp3) is 0. The molecule has 0 aliphatic carbocycles. The van der Waals surface area contributed by atoms with Crippen LogP contribution < -0.4 is 0 Å². The number of hydrogen-bond acceptors (Lipinski definition) is 1. The van der Waals surface area contributed by atoms with Gasteiger partial charge in [0.2, 0.25) is 0 Å². The summed E-state index contributed by atoms with van der Waals surface area (Å²) in [7, 11) is 0.